The van der Waals surface area contributed by atoms with Crippen LogP contribution in [-0.4, -0.2) is 23.1 Å². The van der Waals surface area contributed by atoms with Gasteiger partial charge in [-0.2, -0.15) is 0 Å². The lowest BCUT2D eigenvalue weighted by Crippen LogP contribution is -2.10. The Hall–Kier alpha value is -1.66. The molecule has 0 bridgehead atoms. The van der Waals surface area contributed by atoms with Gasteiger partial charge >= 0.3 is 0 Å². The van der Waals surface area contributed by atoms with Crippen molar-refractivity contribution in [3.8, 4) is 0 Å². The fourth-order valence-electron chi connectivity index (χ4n) is 1.71. The zero-order valence-electron chi connectivity index (χ0n) is 11.1. The third-order valence-corrected chi connectivity index (χ3v) is 3.21. The van der Waals surface area contributed by atoms with E-state index in [4.69, 9.17) is 5.73 Å². The van der Waals surface area contributed by atoms with Crippen molar-refractivity contribution in [2.75, 3.05) is 23.7 Å². The molecule has 1 aromatic heterocycles. The number of hydrogen-bond donors (Lipinski definition) is 3. The van der Waals surface area contributed by atoms with Gasteiger partial charge in [0.05, 0.1) is 0 Å². The monoisotopic (exact) mass is 335 g/mol. The van der Waals surface area contributed by atoms with Crippen LogP contribution in [0.25, 0.3) is 0 Å². The van der Waals surface area contributed by atoms with E-state index in [0.29, 0.717) is 6.54 Å². The second-order valence-corrected chi connectivity index (χ2v) is 5.26. The molecular formula is C14H18BrN5. The number of nitrogens with one attached hydrogen (secondary N) is 2. The maximum absolute atomic E-state index is 5.46. The third kappa shape index (κ3) is 4.79. The highest BCUT2D eigenvalue weighted by molar-refractivity contribution is 9.10. The molecule has 0 aliphatic carbocycles. The average Bonchev–Trinajstić information content (AvgIpc) is 2.46. The Kier molecular flexibility index (Phi) is 5.76. The van der Waals surface area contributed by atoms with Gasteiger partial charge in [-0.3, -0.25) is 0 Å². The first kappa shape index (κ1) is 14.7. The van der Waals surface area contributed by atoms with Crippen LogP contribution >= 0.6 is 15.9 Å². The van der Waals surface area contributed by atoms with E-state index in [1.165, 1.54) is 5.56 Å². The highest BCUT2D eigenvalue weighted by atomic mass is 79.9. The van der Waals surface area contributed by atoms with Gasteiger partial charge in [0.2, 0.25) is 0 Å². The summed E-state index contributed by atoms with van der Waals surface area (Å²) in [5, 5.41) is 6.50. The van der Waals surface area contributed by atoms with Crippen LogP contribution in [0.4, 0.5) is 11.6 Å². The number of halogens is 1. The molecule has 0 atom stereocenters. The first-order valence-corrected chi connectivity index (χ1v) is 7.31. The van der Waals surface area contributed by atoms with Crippen LogP contribution < -0.4 is 16.4 Å². The summed E-state index contributed by atoms with van der Waals surface area (Å²) >= 11 is 3.46. The van der Waals surface area contributed by atoms with E-state index in [1.807, 2.05) is 18.2 Å². The average molecular weight is 336 g/mol. The molecule has 2 rings (SSSR count). The summed E-state index contributed by atoms with van der Waals surface area (Å²) in [5.74, 6) is 1.61. The smallest absolute Gasteiger partial charge is 0.131 e. The van der Waals surface area contributed by atoms with Crippen molar-refractivity contribution in [3.63, 3.8) is 0 Å². The first-order valence-electron chi connectivity index (χ1n) is 6.52. The number of nitrogens with zero attached hydrogens (tertiary/aromatic N) is 2. The molecule has 0 radical (unpaired) electrons. The predicted molar refractivity (Wildman–Crippen MR) is 85.7 cm³/mol. The summed E-state index contributed by atoms with van der Waals surface area (Å²) < 4.78 is 1.07. The van der Waals surface area contributed by atoms with E-state index in [0.717, 1.165) is 35.6 Å². The molecule has 5 nitrogen and oxygen atoms in total. The maximum Gasteiger partial charge on any atom is 0.131 e. The molecule has 0 aliphatic heterocycles. The summed E-state index contributed by atoms with van der Waals surface area (Å²) in [6, 6.07) is 10.1. The topological polar surface area (TPSA) is 75.9 Å². The molecule has 0 fully saturated rings. The number of nitrogens with two attached hydrogens (primary N) is 1. The highest BCUT2D eigenvalue weighted by Gasteiger charge is 1.99. The van der Waals surface area contributed by atoms with Gasteiger partial charge in [-0.15, -0.1) is 0 Å². The lowest BCUT2D eigenvalue weighted by molar-refractivity contribution is 0.869. The van der Waals surface area contributed by atoms with Crippen molar-refractivity contribution in [3.05, 3.63) is 46.7 Å². The van der Waals surface area contributed by atoms with Gasteiger partial charge < -0.3 is 16.4 Å². The fourth-order valence-corrected chi connectivity index (χ4v) is 2.16. The van der Waals surface area contributed by atoms with Crippen molar-refractivity contribution in [2.24, 2.45) is 5.73 Å². The Bertz CT molecular complexity index is 547. The summed E-state index contributed by atoms with van der Waals surface area (Å²) in [5.41, 5.74) is 6.65. The predicted octanol–water partition coefficient (Wildman–Crippen LogP) is 2.61. The van der Waals surface area contributed by atoms with Crippen LogP contribution in [0.1, 0.15) is 12.0 Å². The molecular weight excluding hydrogens is 318 g/mol. The Balaban J connectivity index is 1.91. The van der Waals surface area contributed by atoms with Crippen molar-refractivity contribution in [1.29, 1.82) is 0 Å². The maximum atomic E-state index is 5.46. The van der Waals surface area contributed by atoms with Crippen molar-refractivity contribution in [2.45, 2.75) is 13.0 Å². The Labute approximate surface area is 127 Å². The van der Waals surface area contributed by atoms with Gasteiger partial charge in [-0.1, -0.05) is 28.1 Å². The minimum absolute atomic E-state index is 0.673. The highest BCUT2D eigenvalue weighted by Crippen LogP contribution is 2.14. The molecule has 0 saturated heterocycles. The lowest BCUT2D eigenvalue weighted by Gasteiger charge is -2.08. The molecule has 1 heterocycles. The van der Waals surface area contributed by atoms with Crippen molar-refractivity contribution in [1.82, 2.24) is 9.97 Å². The normalized spacial score (nSPS) is 10.3. The van der Waals surface area contributed by atoms with Crippen LogP contribution in [0, 0.1) is 0 Å². The molecule has 1 aromatic carbocycles. The number of rotatable bonds is 7. The van der Waals surface area contributed by atoms with Crippen LogP contribution in [0.5, 0.6) is 0 Å². The van der Waals surface area contributed by atoms with E-state index in [1.54, 1.807) is 6.33 Å². The van der Waals surface area contributed by atoms with Crippen molar-refractivity contribution >= 4 is 27.6 Å². The number of hydrogen-bond acceptors (Lipinski definition) is 5. The van der Waals surface area contributed by atoms with E-state index in [2.05, 4.69) is 48.7 Å². The fraction of sp³-hybridized carbons (Fsp3) is 0.286. The second kappa shape index (κ2) is 7.81. The standard InChI is InChI=1S/C14H18BrN5/c15-12-4-1-3-11(7-12)9-18-14-8-13(19-10-20-14)17-6-2-5-16/h1,3-4,7-8,10H,2,5-6,9,16H2,(H2,17,18,19,20). The number of benzene rings is 1. The minimum Gasteiger partial charge on any atom is -0.370 e. The lowest BCUT2D eigenvalue weighted by atomic mass is 10.2. The molecule has 2 aromatic rings. The van der Waals surface area contributed by atoms with Crippen molar-refractivity contribution < 1.29 is 0 Å². The summed E-state index contributed by atoms with van der Waals surface area (Å²) in [4.78, 5) is 8.38. The van der Waals surface area contributed by atoms with Crippen LogP contribution in [0.3, 0.4) is 0 Å². The zero-order chi connectivity index (χ0) is 14.2. The van der Waals surface area contributed by atoms with Gasteiger partial charge in [-0.25, -0.2) is 9.97 Å². The number of anilines is 2. The molecule has 0 aliphatic rings. The quantitative estimate of drug-likeness (QED) is 0.678. The van der Waals surface area contributed by atoms with Crippen LogP contribution in [0.2, 0.25) is 0 Å². The van der Waals surface area contributed by atoms with Gasteiger partial charge in [-0.05, 0) is 30.7 Å². The van der Waals surface area contributed by atoms with Gasteiger partial charge in [0.1, 0.15) is 18.0 Å². The molecule has 0 saturated carbocycles. The summed E-state index contributed by atoms with van der Waals surface area (Å²) in [7, 11) is 0. The largest absolute Gasteiger partial charge is 0.370 e. The first-order chi connectivity index (χ1) is 9.78. The molecule has 4 N–H and O–H groups in total. The van der Waals surface area contributed by atoms with Crippen LogP contribution in [0.15, 0.2) is 41.1 Å². The summed E-state index contributed by atoms with van der Waals surface area (Å²) in [6.45, 7) is 2.21. The molecule has 0 spiro atoms. The van der Waals surface area contributed by atoms with E-state index in [9.17, 15) is 0 Å². The summed E-state index contributed by atoms with van der Waals surface area (Å²) in [6.07, 6.45) is 2.47. The number of aromatic nitrogens is 2. The minimum atomic E-state index is 0.673. The zero-order valence-corrected chi connectivity index (χ0v) is 12.7. The van der Waals surface area contributed by atoms with Crippen LogP contribution in [-0.2, 0) is 6.54 Å². The molecule has 6 heteroatoms. The van der Waals surface area contributed by atoms with Gasteiger partial charge in [0.25, 0.3) is 0 Å². The molecule has 0 unspecified atom stereocenters. The Morgan fingerprint density at radius 1 is 1.10 bits per heavy atom. The Morgan fingerprint density at radius 2 is 1.90 bits per heavy atom. The van der Waals surface area contributed by atoms with E-state index >= 15 is 0 Å². The van der Waals surface area contributed by atoms with Gasteiger partial charge in [0, 0.05) is 23.6 Å². The molecule has 20 heavy (non-hydrogen) atoms. The Morgan fingerprint density at radius 3 is 2.65 bits per heavy atom. The van der Waals surface area contributed by atoms with E-state index in [-0.39, 0.29) is 0 Å². The molecule has 0 amide bonds. The molecule has 106 valence electrons. The van der Waals surface area contributed by atoms with Gasteiger partial charge in [0.15, 0.2) is 0 Å². The third-order valence-electron chi connectivity index (χ3n) is 2.72. The SMILES string of the molecule is NCCCNc1cc(NCc2cccc(Br)c2)ncn1. The van der Waals surface area contributed by atoms with E-state index < -0.39 is 0 Å². The second-order valence-electron chi connectivity index (χ2n) is 4.34.